The Labute approximate surface area is 128 Å². The third-order valence-corrected chi connectivity index (χ3v) is 3.92. The Bertz CT molecular complexity index is 504. The average Bonchev–Trinajstić information content (AvgIpc) is 2.48. The fourth-order valence-corrected chi connectivity index (χ4v) is 2.62. The molecule has 0 bridgehead atoms. The van der Waals surface area contributed by atoms with Gasteiger partial charge in [-0.2, -0.15) is 0 Å². The number of benzene rings is 1. The van der Waals surface area contributed by atoms with Crippen LogP contribution in [0.1, 0.15) is 29.6 Å². The molecule has 2 amide bonds. The van der Waals surface area contributed by atoms with E-state index >= 15 is 0 Å². The molecule has 114 valence electrons. The van der Waals surface area contributed by atoms with Crippen LogP contribution in [0.5, 0.6) is 0 Å². The van der Waals surface area contributed by atoms with E-state index in [1.165, 1.54) is 0 Å². The van der Waals surface area contributed by atoms with E-state index in [1.807, 2.05) is 4.90 Å². The normalized spacial score (nSPS) is 19.2. The quantitative estimate of drug-likeness (QED) is 0.883. The van der Waals surface area contributed by atoms with Gasteiger partial charge in [-0.3, -0.25) is 19.8 Å². The van der Waals surface area contributed by atoms with Gasteiger partial charge in [0.15, 0.2) is 0 Å². The molecule has 0 spiro atoms. The van der Waals surface area contributed by atoms with Crippen LogP contribution < -0.4 is 5.32 Å². The topological polar surface area (TPSA) is 69.6 Å². The van der Waals surface area contributed by atoms with E-state index in [9.17, 15) is 14.7 Å². The summed E-state index contributed by atoms with van der Waals surface area (Å²) in [5, 5.41) is 12.2. The van der Waals surface area contributed by atoms with Gasteiger partial charge in [0, 0.05) is 16.6 Å². The Hall–Kier alpha value is -1.43. The van der Waals surface area contributed by atoms with Crippen LogP contribution in [0, 0.1) is 0 Å². The van der Waals surface area contributed by atoms with Gasteiger partial charge in [0.25, 0.3) is 5.91 Å². The number of imide groups is 1. The van der Waals surface area contributed by atoms with Crippen LogP contribution in [-0.4, -0.2) is 47.6 Å². The lowest BCUT2D eigenvalue weighted by molar-refractivity contribution is -0.122. The summed E-state index contributed by atoms with van der Waals surface area (Å²) >= 11 is 5.75. The number of likely N-dealkylation sites (tertiary alicyclic amines) is 1. The van der Waals surface area contributed by atoms with Crippen molar-refractivity contribution in [2.24, 2.45) is 0 Å². The van der Waals surface area contributed by atoms with Crippen LogP contribution in [0.25, 0.3) is 0 Å². The maximum Gasteiger partial charge on any atom is 0.257 e. The number of carbonyl (C=O) groups is 2. The summed E-state index contributed by atoms with van der Waals surface area (Å²) in [7, 11) is 0. The standard InChI is InChI=1S/C15H19ClN2O3/c16-12-6-4-11(5-7-12)15(21)17-14(20)9-18-8-2-1-3-13(18)10-19/h4-7,13,19H,1-3,8-10H2,(H,17,20,21). The van der Waals surface area contributed by atoms with Gasteiger partial charge < -0.3 is 5.11 Å². The van der Waals surface area contributed by atoms with Gasteiger partial charge in [-0.15, -0.1) is 0 Å². The number of halogens is 1. The second kappa shape index (κ2) is 7.54. The molecule has 5 nitrogen and oxygen atoms in total. The first-order valence-corrected chi connectivity index (χ1v) is 7.42. The molecule has 0 radical (unpaired) electrons. The molecule has 1 unspecified atom stereocenters. The molecular formula is C15H19ClN2O3. The monoisotopic (exact) mass is 310 g/mol. The first-order chi connectivity index (χ1) is 10.1. The number of carbonyl (C=O) groups excluding carboxylic acids is 2. The van der Waals surface area contributed by atoms with Crippen molar-refractivity contribution in [3.8, 4) is 0 Å². The Morgan fingerprint density at radius 1 is 1.29 bits per heavy atom. The van der Waals surface area contributed by atoms with Gasteiger partial charge in [-0.1, -0.05) is 18.0 Å². The second-order valence-electron chi connectivity index (χ2n) is 5.19. The van der Waals surface area contributed by atoms with Crippen molar-refractivity contribution in [2.45, 2.75) is 25.3 Å². The minimum Gasteiger partial charge on any atom is -0.395 e. The molecule has 2 rings (SSSR count). The van der Waals surface area contributed by atoms with Crippen molar-refractivity contribution in [1.82, 2.24) is 10.2 Å². The molecule has 0 aliphatic carbocycles. The molecule has 1 saturated heterocycles. The third kappa shape index (κ3) is 4.52. The Morgan fingerprint density at radius 3 is 2.67 bits per heavy atom. The highest BCUT2D eigenvalue weighted by Crippen LogP contribution is 2.16. The van der Waals surface area contributed by atoms with E-state index in [4.69, 9.17) is 11.6 Å². The number of hydrogen-bond donors (Lipinski definition) is 2. The van der Waals surface area contributed by atoms with Crippen molar-refractivity contribution in [3.63, 3.8) is 0 Å². The molecule has 0 saturated carbocycles. The molecule has 1 aromatic carbocycles. The van der Waals surface area contributed by atoms with E-state index in [1.54, 1.807) is 24.3 Å². The van der Waals surface area contributed by atoms with Gasteiger partial charge in [0.2, 0.25) is 5.91 Å². The van der Waals surface area contributed by atoms with Crippen molar-refractivity contribution in [3.05, 3.63) is 34.9 Å². The third-order valence-electron chi connectivity index (χ3n) is 3.67. The number of rotatable bonds is 4. The van der Waals surface area contributed by atoms with Crippen LogP contribution in [0.15, 0.2) is 24.3 Å². The van der Waals surface area contributed by atoms with Crippen molar-refractivity contribution >= 4 is 23.4 Å². The lowest BCUT2D eigenvalue weighted by atomic mass is 10.0. The highest BCUT2D eigenvalue weighted by atomic mass is 35.5. The minimum atomic E-state index is -0.436. The molecule has 0 aromatic heterocycles. The molecule has 1 heterocycles. The summed E-state index contributed by atoms with van der Waals surface area (Å²) in [5.41, 5.74) is 0.394. The summed E-state index contributed by atoms with van der Waals surface area (Å²) in [4.78, 5) is 25.8. The molecule has 2 N–H and O–H groups in total. The largest absolute Gasteiger partial charge is 0.395 e. The molecule has 21 heavy (non-hydrogen) atoms. The Balaban J connectivity index is 1.88. The average molecular weight is 311 g/mol. The molecule has 1 aliphatic rings. The lowest BCUT2D eigenvalue weighted by Crippen LogP contribution is -2.48. The van der Waals surface area contributed by atoms with Gasteiger partial charge in [0.05, 0.1) is 13.2 Å². The molecule has 1 fully saturated rings. The van der Waals surface area contributed by atoms with E-state index < -0.39 is 5.91 Å². The summed E-state index contributed by atoms with van der Waals surface area (Å²) in [6.07, 6.45) is 2.96. The molecular weight excluding hydrogens is 292 g/mol. The lowest BCUT2D eigenvalue weighted by Gasteiger charge is -2.33. The van der Waals surface area contributed by atoms with E-state index in [0.717, 1.165) is 25.8 Å². The highest BCUT2D eigenvalue weighted by Gasteiger charge is 2.24. The van der Waals surface area contributed by atoms with Crippen LogP contribution in [0.2, 0.25) is 5.02 Å². The van der Waals surface area contributed by atoms with E-state index in [-0.39, 0.29) is 25.1 Å². The minimum absolute atomic E-state index is 0.00938. The zero-order valence-electron chi connectivity index (χ0n) is 11.7. The van der Waals surface area contributed by atoms with Gasteiger partial charge in [0.1, 0.15) is 0 Å². The van der Waals surface area contributed by atoms with Crippen LogP contribution in [0.4, 0.5) is 0 Å². The van der Waals surface area contributed by atoms with Gasteiger partial charge in [-0.05, 0) is 43.7 Å². The van der Waals surface area contributed by atoms with Crippen LogP contribution >= 0.6 is 11.6 Å². The van der Waals surface area contributed by atoms with Crippen molar-refractivity contribution in [2.75, 3.05) is 19.7 Å². The first-order valence-electron chi connectivity index (χ1n) is 7.05. The number of amides is 2. The number of aliphatic hydroxyl groups is 1. The van der Waals surface area contributed by atoms with Crippen molar-refractivity contribution in [1.29, 1.82) is 0 Å². The Kier molecular flexibility index (Phi) is 5.73. The Morgan fingerprint density at radius 2 is 2.00 bits per heavy atom. The summed E-state index contributed by atoms with van der Waals surface area (Å²) in [6.45, 7) is 0.941. The molecule has 1 atom stereocenters. The maximum atomic E-state index is 11.9. The summed E-state index contributed by atoms with van der Waals surface area (Å²) in [5.74, 6) is -0.787. The number of nitrogens with one attached hydrogen (secondary N) is 1. The van der Waals surface area contributed by atoms with E-state index in [0.29, 0.717) is 10.6 Å². The van der Waals surface area contributed by atoms with E-state index in [2.05, 4.69) is 5.32 Å². The first kappa shape index (κ1) is 15.9. The van der Waals surface area contributed by atoms with Gasteiger partial charge in [-0.25, -0.2) is 0 Å². The zero-order chi connectivity index (χ0) is 15.2. The fraction of sp³-hybridized carbons (Fsp3) is 0.467. The molecule has 1 aromatic rings. The van der Waals surface area contributed by atoms with Crippen LogP contribution in [0.3, 0.4) is 0 Å². The fourth-order valence-electron chi connectivity index (χ4n) is 2.50. The summed E-state index contributed by atoms with van der Waals surface area (Å²) < 4.78 is 0. The number of hydrogen-bond acceptors (Lipinski definition) is 4. The highest BCUT2D eigenvalue weighted by molar-refractivity contribution is 6.30. The molecule has 6 heteroatoms. The summed E-state index contributed by atoms with van der Waals surface area (Å²) in [6, 6.07) is 6.36. The van der Waals surface area contributed by atoms with Crippen LogP contribution in [-0.2, 0) is 4.79 Å². The zero-order valence-corrected chi connectivity index (χ0v) is 12.5. The van der Waals surface area contributed by atoms with Gasteiger partial charge >= 0.3 is 0 Å². The number of piperidine rings is 1. The predicted octanol–water partition coefficient (Wildman–Crippen LogP) is 1.44. The van der Waals surface area contributed by atoms with Crippen molar-refractivity contribution < 1.29 is 14.7 Å². The smallest absolute Gasteiger partial charge is 0.257 e. The molecule has 1 aliphatic heterocycles. The predicted molar refractivity (Wildman–Crippen MR) is 80.2 cm³/mol. The second-order valence-corrected chi connectivity index (χ2v) is 5.62. The SMILES string of the molecule is O=C(CN1CCCCC1CO)NC(=O)c1ccc(Cl)cc1. The number of aliphatic hydroxyl groups excluding tert-OH is 1. The maximum absolute atomic E-state index is 11.9. The number of nitrogens with zero attached hydrogens (tertiary/aromatic N) is 1.